The summed E-state index contributed by atoms with van der Waals surface area (Å²) in [7, 11) is 4.22. The summed E-state index contributed by atoms with van der Waals surface area (Å²) in [5, 5.41) is 7.26. The molecule has 0 saturated carbocycles. The number of nitrogens with zero attached hydrogens (tertiary/aromatic N) is 3. The number of carbonyl (C=O) groups is 1. The fourth-order valence-electron chi connectivity index (χ4n) is 4.32. The Balaban J connectivity index is 1.42. The Kier molecular flexibility index (Phi) is 6.69. The maximum absolute atomic E-state index is 13.1. The number of carbonyl (C=O) groups excluding carboxylic acids is 1. The molecule has 0 atom stereocenters. The van der Waals surface area contributed by atoms with Crippen LogP contribution >= 0.6 is 0 Å². The molecular formula is C29H25F3N5O+. The summed E-state index contributed by atoms with van der Waals surface area (Å²) in [5.41, 5.74) is 4.83. The smallest absolute Gasteiger partial charge is 0.336 e. The molecule has 0 unspecified atom stereocenters. The number of hydrogen-bond donors (Lipinski definition) is 2. The molecule has 0 radical (unpaired) electrons. The summed E-state index contributed by atoms with van der Waals surface area (Å²) in [6.07, 6.45) is -1.05. The monoisotopic (exact) mass is 516 g/mol. The van der Waals surface area contributed by atoms with Crippen LogP contribution in [0.15, 0.2) is 91.3 Å². The predicted molar refractivity (Wildman–Crippen MR) is 140 cm³/mol. The SMILES string of the molecule is C[NH+](C)Cc1ccc(-c2cnn3c(-c4cccc(NC(=O)c5cccc(C(F)(F)F)c5)c4)ccnc23)cc1. The van der Waals surface area contributed by atoms with Gasteiger partial charge in [0.15, 0.2) is 5.65 Å². The molecule has 2 heterocycles. The van der Waals surface area contributed by atoms with Crippen molar-refractivity contribution >= 4 is 17.2 Å². The lowest BCUT2D eigenvalue weighted by molar-refractivity contribution is -0.872. The fourth-order valence-corrected chi connectivity index (χ4v) is 4.32. The van der Waals surface area contributed by atoms with Gasteiger partial charge in [-0.2, -0.15) is 18.3 Å². The van der Waals surface area contributed by atoms with Crippen LogP contribution in [0.5, 0.6) is 0 Å². The lowest BCUT2D eigenvalue weighted by Gasteiger charge is -2.11. The number of rotatable bonds is 6. The Morgan fingerprint density at radius 1 is 0.947 bits per heavy atom. The molecular weight excluding hydrogens is 491 g/mol. The van der Waals surface area contributed by atoms with Crippen LogP contribution in [0, 0.1) is 0 Å². The van der Waals surface area contributed by atoms with Crippen LogP contribution < -0.4 is 10.2 Å². The van der Waals surface area contributed by atoms with Crippen molar-refractivity contribution in [1.29, 1.82) is 0 Å². The average Bonchev–Trinajstić information content (AvgIpc) is 3.33. The molecule has 0 fully saturated rings. The highest BCUT2D eigenvalue weighted by Gasteiger charge is 2.30. The quantitative estimate of drug-likeness (QED) is 0.335. The first-order chi connectivity index (χ1) is 18.2. The van der Waals surface area contributed by atoms with Gasteiger partial charge < -0.3 is 10.2 Å². The summed E-state index contributed by atoms with van der Waals surface area (Å²) in [4.78, 5) is 18.6. The third-order valence-corrected chi connectivity index (χ3v) is 6.09. The van der Waals surface area contributed by atoms with Gasteiger partial charge in [0.1, 0.15) is 6.54 Å². The minimum Gasteiger partial charge on any atom is -0.336 e. The topological polar surface area (TPSA) is 63.7 Å². The van der Waals surface area contributed by atoms with Crippen molar-refractivity contribution < 1.29 is 22.9 Å². The Hall–Kier alpha value is -4.50. The summed E-state index contributed by atoms with van der Waals surface area (Å²) >= 11 is 0. The van der Waals surface area contributed by atoms with Crippen molar-refractivity contribution in [1.82, 2.24) is 14.6 Å². The number of benzene rings is 3. The van der Waals surface area contributed by atoms with E-state index in [-0.39, 0.29) is 5.56 Å². The van der Waals surface area contributed by atoms with Gasteiger partial charge in [0, 0.05) is 34.1 Å². The maximum atomic E-state index is 13.1. The van der Waals surface area contributed by atoms with Crippen molar-refractivity contribution in [2.75, 3.05) is 19.4 Å². The van der Waals surface area contributed by atoms with Crippen LogP contribution in [0.25, 0.3) is 28.0 Å². The highest BCUT2D eigenvalue weighted by atomic mass is 19.4. The van der Waals surface area contributed by atoms with Crippen LogP contribution in [0.4, 0.5) is 18.9 Å². The zero-order valence-electron chi connectivity index (χ0n) is 20.8. The number of nitrogens with one attached hydrogen (secondary N) is 2. The van der Waals surface area contributed by atoms with E-state index >= 15 is 0 Å². The highest BCUT2D eigenvalue weighted by Crippen LogP contribution is 2.31. The Morgan fingerprint density at radius 3 is 2.45 bits per heavy atom. The van der Waals surface area contributed by atoms with E-state index in [1.165, 1.54) is 22.6 Å². The van der Waals surface area contributed by atoms with Gasteiger partial charge in [-0.05, 0) is 42.0 Å². The highest BCUT2D eigenvalue weighted by molar-refractivity contribution is 6.04. The first-order valence-corrected chi connectivity index (χ1v) is 12.0. The second-order valence-electron chi connectivity index (χ2n) is 9.32. The maximum Gasteiger partial charge on any atom is 0.416 e. The zero-order valence-corrected chi connectivity index (χ0v) is 20.8. The molecule has 1 amide bonds. The molecule has 2 N–H and O–H groups in total. The molecule has 38 heavy (non-hydrogen) atoms. The molecule has 0 saturated heterocycles. The second-order valence-corrected chi connectivity index (χ2v) is 9.32. The van der Waals surface area contributed by atoms with E-state index in [4.69, 9.17) is 0 Å². The minimum absolute atomic E-state index is 0.0775. The number of fused-ring (bicyclic) bond motifs is 1. The van der Waals surface area contributed by atoms with Gasteiger partial charge in [-0.1, -0.05) is 42.5 Å². The summed E-state index contributed by atoms with van der Waals surface area (Å²) in [6, 6.07) is 21.6. The number of anilines is 1. The predicted octanol–water partition coefficient (Wildman–Crippen LogP) is 4.98. The van der Waals surface area contributed by atoms with E-state index in [0.717, 1.165) is 41.1 Å². The first-order valence-electron chi connectivity index (χ1n) is 12.0. The number of amides is 1. The standard InChI is InChI=1S/C29H24F3N5O/c1-36(2)18-19-9-11-20(12-10-19)25-17-34-37-26(13-14-33-27(25)37)21-5-4-8-24(16-21)35-28(38)22-6-3-7-23(15-22)29(30,31)32/h3-17H,18H2,1-2H3,(H,35,38)/p+1. The van der Waals surface area contributed by atoms with Gasteiger partial charge >= 0.3 is 6.18 Å². The molecule has 0 aliphatic rings. The Labute approximate surface area is 217 Å². The normalized spacial score (nSPS) is 11.7. The zero-order chi connectivity index (χ0) is 26.9. The van der Waals surface area contributed by atoms with E-state index < -0.39 is 17.6 Å². The van der Waals surface area contributed by atoms with Gasteiger partial charge in [0.05, 0.1) is 31.5 Å². The summed E-state index contributed by atoms with van der Waals surface area (Å²) in [6.45, 7) is 0.929. The van der Waals surface area contributed by atoms with Crippen molar-refractivity contribution in [3.63, 3.8) is 0 Å². The number of hydrogen-bond acceptors (Lipinski definition) is 3. The minimum atomic E-state index is -4.53. The third-order valence-electron chi connectivity index (χ3n) is 6.09. The fraction of sp³-hybridized carbons (Fsp3) is 0.138. The largest absolute Gasteiger partial charge is 0.416 e. The molecule has 6 nitrogen and oxygen atoms in total. The molecule has 0 spiro atoms. The summed E-state index contributed by atoms with van der Waals surface area (Å²) in [5.74, 6) is -0.631. The molecule has 2 aromatic heterocycles. The Morgan fingerprint density at radius 2 is 1.71 bits per heavy atom. The lowest BCUT2D eigenvalue weighted by atomic mass is 10.1. The van der Waals surface area contributed by atoms with Gasteiger partial charge in [-0.3, -0.25) is 4.79 Å². The average molecular weight is 517 g/mol. The number of halogens is 3. The van der Waals surface area contributed by atoms with E-state index in [1.807, 2.05) is 12.1 Å². The van der Waals surface area contributed by atoms with Gasteiger partial charge in [0.25, 0.3) is 5.91 Å². The second kappa shape index (κ2) is 10.1. The molecule has 0 aliphatic heterocycles. The molecule has 5 rings (SSSR count). The van der Waals surface area contributed by atoms with Crippen molar-refractivity contribution in [2.45, 2.75) is 12.7 Å². The van der Waals surface area contributed by atoms with E-state index in [9.17, 15) is 18.0 Å². The first kappa shape index (κ1) is 25.2. The van der Waals surface area contributed by atoms with Crippen molar-refractivity contribution in [3.05, 3.63) is 108 Å². The molecule has 0 bridgehead atoms. The third kappa shape index (κ3) is 5.28. The van der Waals surface area contributed by atoms with Crippen LogP contribution in [-0.4, -0.2) is 34.6 Å². The summed E-state index contributed by atoms with van der Waals surface area (Å²) < 4.78 is 40.9. The van der Waals surface area contributed by atoms with E-state index in [1.54, 1.807) is 35.1 Å². The molecule has 3 aromatic carbocycles. The molecule has 192 valence electrons. The van der Waals surface area contributed by atoms with Gasteiger partial charge in [-0.15, -0.1) is 0 Å². The Bertz CT molecular complexity index is 1610. The number of aromatic nitrogens is 3. The van der Waals surface area contributed by atoms with E-state index in [2.05, 4.69) is 53.8 Å². The number of alkyl halides is 3. The molecule has 0 aliphatic carbocycles. The van der Waals surface area contributed by atoms with Crippen molar-refractivity contribution in [2.24, 2.45) is 0 Å². The van der Waals surface area contributed by atoms with E-state index in [0.29, 0.717) is 11.3 Å². The van der Waals surface area contributed by atoms with Crippen LogP contribution in [0.3, 0.4) is 0 Å². The van der Waals surface area contributed by atoms with Gasteiger partial charge in [-0.25, -0.2) is 9.50 Å². The van der Waals surface area contributed by atoms with Crippen molar-refractivity contribution in [3.8, 4) is 22.4 Å². The lowest BCUT2D eigenvalue weighted by Crippen LogP contribution is -3.04. The molecule has 9 heteroatoms. The van der Waals surface area contributed by atoms with Crippen LogP contribution in [-0.2, 0) is 12.7 Å². The number of quaternary nitrogens is 1. The van der Waals surface area contributed by atoms with Crippen LogP contribution in [0.2, 0.25) is 0 Å². The van der Waals surface area contributed by atoms with Gasteiger partial charge in [0.2, 0.25) is 0 Å². The molecule has 5 aromatic rings. The van der Waals surface area contributed by atoms with Crippen LogP contribution in [0.1, 0.15) is 21.5 Å².